The van der Waals surface area contributed by atoms with Crippen molar-refractivity contribution in [3.8, 4) is 5.69 Å². The van der Waals surface area contributed by atoms with Crippen molar-refractivity contribution in [2.45, 2.75) is 25.2 Å². The number of hydrogen-bond acceptors (Lipinski definition) is 5. The van der Waals surface area contributed by atoms with Gasteiger partial charge in [0.1, 0.15) is 5.82 Å². The number of piperidine rings is 1. The van der Waals surface area contributed by atoms with E-state index in [0.717, 1.165) is 29.9 Å². The molecule has 0 radical (unpaired) electrons. The highest BCUT2D eigenvalue weighted by atomic mass is 16.6. The van der Waals surface area contributed by atoms with Crippen LogP contribution in [0.25, 0.3) is 5.69 Å². The molecule has 1 aliphatic heterocycles. The number of benzene rings is 2. The maximum atomic E-state index is 12.7. The number of likely N-dealkylation sites (tertiary alicyclic amines) is 1. The minimum absolute atomic E-state index is 0.00577. The van der Waals surface area contributed by atoms with E-state index in [2.05, 4.69) is 5.10 Å². The molecule has 4 rings (SSSR count). The Labute approximate surface area is 178 Å². The van der Waals surface area contributed by atoms with Gasteiger partial charge in [-0.15, -0.1) is 0 Å². The molecule has 0 atom stereocenters. The lowest BCUT2D eigenvalue weighted by Crippen LogP contribution is -2.39. The fourth-order valence-corrected chi connectivity index (χ4v) is 3.98. The summed E-state index contributed by atoms with van der Waals surface area (Å²) in [6.45, 7) is 1.16. The van der Waals surface area contributed by atoms with Crippen molar-refractivity contribution in [1.82, 2.24) is 19.2 Å². The number of carbonyl (C=O) groups is 1. The van der Waals surface area contributed by atoms with Gasteiger partial charge in [-0.25, -0.2) is 14.0 Å². The van der Waals surface area contributed by atoms with Crippen molar-refractivity contribution < 1.29 is 9.72 Å². The molecule has 1 aromatic heterocycles. The standard InChI is InChI=1S/C22H23N5O4/c1-24-22(29)26(18-5-3-2-4-6-18)21(23-24)17-11-13-25(14-12-17)20(28)15-16-7-9-19(10-8-16)27(30)31/h2-10,17H,11-15H2,1H3. The molecule has 0 unspecified atom stereocenters. The van der Waals surface area contributed by atoms with E-state index >= 15 is 0 Å². The van der Waals surface area contributed by atoms with Crippen LogP contribution in [0, 0.1) is 10.1 Å². The Hall–Kier alpha value is -3.75. The van der Waals surface area contributed by atoms with Crippen LogP contribution in [-0.2, 0) is 18.3 Å². The molecule has 0 aliphatic carbocycles. The molecule has 3 aromatic rings. The highest BCUT2D eigenvalue weighted by Crippen LogP contribution is 2.28. The fraction of sp³-hybridized carbons (Fsp3) is 0.318. The Kier molecular flexibility index (Phi) is 5.66. The summed E-state index contributed by atoms with van der Waals surface area (Å²) >= 11 is 0. The summed E-state index contributed by atoms with van der Waals surface area (Å²) in [5, 5.41) is 15.2. The zero-order valence-corrected chi connectivity index (χ0v) is 17.2. The lowest BCUT2D eigenvalue weighted by atomic mass is 9.95. The van der Waals surface area contributed by atoms with Gasteiger partial charge < -0.3 is 4.90 Å². The van der Waals surface area contributed by atoms with Gasteiger partial charge in [-0.1, -0.05) is 30.3 Å². The van der Waals surface area contributed by atoms with E-state index in [1.54, 1.807) is 23.7 Å². The molecule has 1 fully saturated rings. The Morgan fingerprint density at radius 1 is 1.10 bits per heavy atom. The molecule has 160 valence electrons. The summed E-state index contributed by atoms with van der Waals surface area (Å²) in [6.07, 6.45) is 1.64. The SMILES string of the molecule is Cn1nc(C2CCN(C(=O)Cc3ccc([N+](=O)[O-])cc3)CC2)n(-c2ccccc2)c1=O. The fourth-order valence-electron chi connectivity index (χ4n) is 3.98. The van der Waals surface area contributed by atoms with E-state index in [1.807, 2.05) is 35.2 Å². The Morgan fingerprint density at radius 3 is 2.35 bits per heavy atom. The average molecular weight is 421 g/mol. The van der Waals surface area contributed by atoms with Crippen LogP contribution in [0.4, 0.5) is 5.69 Å². The van der Waals surface area contributed by atoms with Crippen molar-refractivity contribution in [3.05, 3.63) is 86.6 Å². The van der Waals surface area contributed by atoms with Gasteiger partial charge in [0, 0.05) is 38.2 Å². The second-order valence-corrected chi connectivity index (χ2v) is 7.69. The molecule has 0 spiro atoms. The summed E-state index contributed by atoms with van der Waals surface area (Å²) in [7, 11) is 1.65. The smallest absolute Gasteiger partial charge is 0.342 e. The molecule has 0 N–H and O–H groups in total. The first-order valence-corrected chi connectivity index (χ1v) is 10.2. The third kappa shape index (κ3) is 4.25. The predicted molar refractivity (Wildman–Crippen MR) is 114 cm³/mol. The number of nitrogens with zero attached hydrogens (tertiary/aromatic N) is 5. The number of hydrogen-bond donors (Lipinski definition) is 0. The van der Waals surface area contributed by atoms with E-state index in [4.69, 9.17) is 0 Å². The molecular weight excluding hydrogens is 398 g/mol. The minimum Gasteiger partial charge on any atom is -0.342 e. The van der Waals surface area contributed by atoms with Crippen LogP contribution in [-0.4, -0.2) is 43.2 Å². The van der Waals surface area contributed by atoms with Gasteiger partial charge >= 0.3 is 5.69 Å². The number of aryl methyl sites for hydroxylation is 1. The van der Waals surface area contributed by atoms with Gasteiger partial charge in [0.2, 0.25) is 5.91 Å². The first-order valence-electron chi connectivity index (χ1n) is 10.2. The molecule has 2 heterocycles. The van der Waals surface area contributed by atoms with Gasteiger partial charge in [-0.2, -0.15) is 5.10 Å². The summed E-state index contributed by atoms with van der Waals surface area (Å²) in [5.74, 6) is 0.799. The largest absolute Gasteiger partial charge is 0.350 e. The second-order valence-electron chi connectivity index (χ2n) is 7.69. The number of aromatic nitrogens is 3. The van der Waals surface area contributed by atoms with E-state index < -0.39 is 4.92 Å². The lowest BCUT2D eigenvalue weighted by molar-refractivity contribution is -0.384. The third-order valence-electron chi connectivity index (χ3n) is 5.68. The van der Waals surface area contributed by atoms with Gasteiger partial charge in [-0.05, 0) is 30.5 Å². The van der Waals surface area contributed by atoms with Crippen molar-refractivity contribution in [1.29, 1.82) is 0 Å². The van der Waals surface area contributed by atoms with Crippen molar-refractivity contribution >= 4 is 11.6 Å². The normalized spacial score (nSPS) is 14.5. The maximum Gasteiger partial charge on any atom is 0.350 e. The summed E-state index contributed by atoms with van der Waals surface area (Å²) in [6, 6.07) is 15.5. The van der Waals surface area contributed by atoms with E-state index in [9.17, 15) is 19.7 Å². The molecule has 9 nitrogen and oxygen atoms in total. The predicted octanol–water partition coefficient (Wildman–Crippen LogP) is 2.43. The zero-order chi connectivity index (χ0) is 22.0. The molecule has 2 aromatic carbocycles. The Morgan fingerprint density at radius 2 is 1.74 bits per heavy atom. The second kappa shape index (κ2) is 8.55. The van der Waals surface area contributed by atoms with Gasteiger partial charge in [-0.3, -0.25) is 14.9 Å². The monoisotopic (exact) mass is 421 g/mol. The van der Waals surface area contributed by atoms with Crippen molar-refractivity contribution in [3.63, 3.8) is 0 Å². The number of nitro groups is 1. The number of amides is 1. The van der Waals surface area contributed by atoms with Gasteiger partial charge in [0.05, 0.1) is 17.0 Å². The summed E-state index contributed by atoms with van der Waals surface area (Å²) in [4.78, 5) is 37.4. The number of rotatable bonds is 5. The lowest BCUT2D eigenvalue weighted by Gasteiger charge is -2.31. The first kappa shape index (κ1) is 20.5. The van der Waals surface area contributed by atoms with Crippen LogP contribution in [0.1, 0.15) is 30.1 Å². The van der Waals surface area contributed by atoms with Crippen molar-refractivity contribution in [2.75, 3.05) is 13.1 Å². The molecule has 9 heteroatoms. The average Bonchev–Trinajstić information content (AvgIpc) is 3.09. The van der Waals surface area contributed by atoms with E-state index in [1.165, 1.54) is 16.8 Å². The number of para-hydroxylation sites is 1. The maximum absolute atomic E-state index is 12.7. The van der Waals surface area contributed by atoms with Crippen LogP contribution >= 0.6 is 0 Å². The van der Waals surface area contributed by atoms with Crippen molar-refractivity contribution in [2.24, 2.45) is 7.05 Å². The topological polar surface area (TPSA) is 103 Å². The summed E-state index contributed by atoms with van der Waals surface area (Å²) < 4.78 is 3.01. The van der Waals surface area contributed by atoms with Crippen LogP contribution in [0.5, 0.6) is 0 Å². The third-order valence-corrected chi connectivity index (χ3v) is 5.68. The number of nitro benzene ring substituents is 1. The first-order chi connectivity index (χ1) is 14.9. The van der Waals surface area contributed by atoms with E-state index in [-0.39, 0.29) is 29.6 Å². The summed E-state index contributed by atoms with van der Waals surface area (Å²) in [5.41, 5.74) is 1.36. The molecule has 0 saturated carbocycles. The quantitative estimate of drug-likeness (QED) is 0.465. The highest BCUT2D eigenvalue weighted by molar-refractivity contribution is 5.79. The molecule has 1 amide bonds. The minimum atomic E-state index is -0.455. The number of non-ortho nitro benzene ring substituents is 1. The Bertz CT molecular complexity index is 1140. The molecule has 0 bridgehead atoms. The molecular formula is C22H23N5O4. The van der Waals surface area contributed by atoms with Crippen LogP contribution < -0.4 is 5.69 Å². The van der Waals surface area contributed by atoms with E-state index in [0.29, 0.717) is 13.1 Å². The molecule has 31 heavy (non-hydrogen) atoms. The zero-order valence-electron chi connectivity index (χ0n) is 17.2. The Balaban J connectivity index is 1.43. The van der Waals surface area contributed by atoms with Crippen LogP contribution in [0.3, 0.4) is 0 Å². The van der Waals surface area contributed by atoms with Gasteiger partial charge in [0.15, 0.2) is 0 Å². The molecule has 1 aliphatic rings. The van der Waals surface area contributed by atoms with Crippen LogP contribution in [0.2, 0.25) is 0 Å². The van der Waals surface area contributed by atoms with Crippen LogP contribution in [0.15, 0.2) is 59.4 Å². The highest BCUT2D eigenvalue weighted by Gasteiger charge is 2.28. The van der Waals surface area contributed by atoms with Gasteiger partial charge in [0.25, 0.3) is 5.69 Å². The molecule has 1 saturated heterocycles. The number of carbonyl (C=O) groups excluding carboxylic acids is 1.